The van der Waals surface area contributed by atoms with E-state index in [9.17, 15) is 9.90 Å². The molecule has 3 rings (SSSR count). The van der Waals surface area contributed by atoms with Crippen molar-refractivity contribution >= 4 is 5.97 Å². The van der Waals surface area contributed by atoms with Crippen molar-refractivity contribution in [3.8, 4) is 0 Å². The van der Waals surface area contributed by atoms with Gasteiger partial charge in [0, 0.05) is 0 Å². The lowest BCUT2D eigenvalue weighted by atomic mass is 9.84. The van der Waals surface area contributed by atoms with Crippen LogP contribution in [0.15, 0.2) is 0 Å². The summed E-state index contributed by atoms with van der Waals surface area (Å²) in [7, 11) is 0. The minimum atomic E-state index is -0.263. The van der Waals surface area contributed by atoms with Gasteiger partial charge in [0.25, 0.3) is 0 Å². The van der Waals surface area contributed by atoms with Crippen LogP contribution in [0.4, 0.5) is 0 Å². The lowest BCUT2D eigenvalue weighted by Gasteiger charge is -2.35. The van der Waals surface area contributed by atoms with E-state index in [-0.39, 0.29) is 29.5 Å². The summed E-state index contributed by atoms with van der Waals surface area (Å²) in [5.74, 6) is 0.666. The van der Waals surface area contributed by atoms with Crippen LogP contribution in [0.1, 0.15) is 58.3 Å². The van der Waals surface area contributed by atoms with Crippen LogP contribution in [0.3, 0.4) is 0 Å². The number of rotatable bonds is 2. The van der Waals surface area contributed by atoms with Crippen LogP contribution in [-0.2, 0) is 9.53 Å². The topological polar surface area (TPSA) is 46.5 Å². The van der Waals surface area contributed by atoms with Crippen LogP contribution >= 0.6 is 0 Å². The molecule has 2 bridgehead atoms. The highest BCUT2D eigenvalue weighted by molar-refractivity contribution is 5.74. The molecular formula is C15H24O3. The molecule has 18 heavy (non-hydrogen) atoms. The summed E-state index contributed by atoms with van der Waals surface area (Å²) in [5.41, 5.74) is -0.234. The molecule has 3 unspecified atom stereocenters. The largest absolute Gasteiger partial charge is 0.459 e. The average molecular weight is 252 g/mol. The van der Waals surface area contributed by atoms with Crippen molar-refractivity contribution in [3.63, 3.8) is 0 Å². The monoisotopic (exact) mass is 252 g/mol. The van der Waals surface area contributed by atoms with Crippen molar-refractivity contribution < 1.29 is 14.6 Å². The molecule has 0 aliphatic heterocycles. The first-order valence-corrected chi connectivity index (χ1v) is 7.48. The number of esters is 1. The Bertz CT molecular complexity index is 333. The quantitative estimate of drug-likeness (QED) is 0.769. The number of hydrogen-bond acceptors (Lipinski definition) is 3. The van der Waals surface area contributed by atoms with Gasteiger partial charge in [-0.05, 0) is 63.7 Å². The molecule has 3 aliphatic rings. The molecule has 3 aliphatic carbocycles. The molecule has 4 atom stereocenters. The van der Waals surface area contributed by atoms with E-state index in [1.165, 1.54) is 19.3 Å². The molecule has 3 fully saturated rings. The van der Waals surface area contributed by atoms with Gasteiger partial charge in [0.15, 0.2) is 0 Å². The second-order valence-electron chi connectivity index (χ2n) is 6.84. The number of ether oxygens (including phenoxy) is 1. The van der Waals surface area contributed by atoms with Crippen LogP contribution in [0.25, 0.3) is 0 Å². The molecule has 0 heterocycles. The predicted molar refractivity (Wildman–Crippen MR) is 67.9 cm³/mol. The van der Waals surface area contributed by atoms with Gasteiger partial charge in [-0.2, -0.15) is 0 Å². The molecule has 1 N–H and O–H groups in total. The highest BCUT2D eigenvalue weighted by Crippen LogP contribution is 2.49. The van der Waals surface area contributed by atoms with Gasteiger partial charge in [0.05, 0.1) is 12.0 Å². The molecule has 102 valence electrons. The van der Waals surface area contributed by atoms with Crippen LogP contribution in [-0.4, -0.2) is 22.8 Å². The summed E-state index contributed by atoms with van der Waals surface area (Å²) in [6.07, 6.45) is 8.21. The van der Waals surface area contributed by atoms with Crippen molar-refractivity contribution in [1.82, 2.24) is 0 Å². The van der Waals surface area contributed by atoms with Crippen molar-refractivity contribution in [2.45, 2.75) is 70.0 Å². The van der Waals surface area contributed by atoms with E-state index in [0.29, 0.717) is 5.92 Å². The molecule has 0 radical (unpaired) electrons. The van der Waals surface area contributed by atoms with E-state index in [0.717, 1.165) is 32.1 Å². The highest BCUT2D eigenvalue weighted by atomic mass is 16.6. The summed E-state index contributed by atoms with van der Waals surface area (Å²) in [6, 6.07) is 0. The van der Waals surface area contributed by atoms with E-state index >= 15 is 0 Å². The third-order valence-corrected chi connectivity index (χ3v) is 5.34. The van der Waals surface area contributed by atoms with Crippen molar-refractivity contribution in [1.29, 1.82) is 0 Å². The van der Waals surface area contributed by atoms with E-state index in [1.54, 1.807) is 0 Å². The minimum Gasteiger partial charge on any atom is -0.459 e. The fourth-order valence-corrected chi connectivity index (χ4v) is 4.30. The Morgan fingerprint density at radius 3 is 2.50 bits per heavy atom. The van der Waals surface area contributed by atoms with E-state index in [1.807, 2.05) is 0 Å². The molecule has 0 aromatic heterocycles. The number of hydrogen-bond donors (Lipinski definition) is 1. The zero-order valence-corrected chi connectivity index (χ0v) is 11.2. The molecule has 0 aromatic carbocycles. The summed E-state index contributed by atoms with van der Waals surface area (Å²) >= 11 is 0. The zero-order valence-electron chi connectivity index (χ0n) is 11.2. The molecule has 0 amide bonds. The Kier molecular flexibility index (Phi) is 3.13. The van der Waals surface area contributed by atoms with Gasteiger partial charge in [-0.1, -0.05) is 6.42 Å². The van der Waals surface area contributed by atoms with Crippen molar-refractivity contribution in [2.24, 2.45) is 17.8 Å². The third kappa shape index (κ3) is 2.18. The van der Waals surface area contributed by atoms with Gasteiger partial charge in [0.2, 0.25) is 0 Å². The molecule has 3 saturated carbocycles. The van der Waals surface area contributed by atoms with E-state index < -0.39 is 0 Å². The minimum absolute atomic E-state index is 0.0301. The Morgan fingerprint density at radius 2 is 1.89 bits per heavy atom. The zero-order chi connectivity index (χ0) is 12.8. The number of aliphatic hydroxyl groups is 1. The van der Waals surface area contributed by atoms with Gasteiger partial charge >= 0.3 is 5.97 Å². The summed E-state index contributed by atoms with van der Waals surface area (Å²) in [4.78, 5) is 12.3. The molecule has 0 saturated heterocycles. The SMILES string of the molecule is CC1(OC(=O)C2CC3CC2[C@H](O)C3)CCCCC1. The first-order chi connectivity index (χ1) is 8.57. The second-order valence-corrected chi connectivity index (χ2v) is 6.84. The van der Waals surface area contributed by atoms with E-state index in [4.69, 9.17) is 4.74 Å². The summed E-state index contributed by atoms with van der Waals surface area (Å²) < 4.78 is 5.81. The number of aliphatic hydroxyl groups excluding tert-OH is 1. The summed E-state index contributed by atoms with van der Waals surface area (Å²) in [6.45, 7) is 2.08. The first kappa shape index (κ1) is 12.5. The van der Waals surface area contributed by atoms with E-state index in [2.05, 4.69) is 6.92 Å². The maximum Gasteiger partial charge on any atom is 0.309 e. The Balaban J connectivity index is 1.62. The predicted octanol–water partition coefficient (Wildman–Crippen LogP) is 2.66. The molecule has 3 nitrogen and oxygen atoms in total. The molecule has 0 spiro atoms. The van der Waals surface area contributed by atoms with Gasteiger partial charge in [-0.3, -0.25) is 4.79 Å². The van der Waals surface area contributed by atoms with Crippen molar-refractivity contribution in [3.05, 3.63) is 0 Å². The number of fused-ring (bicyclic) bond motifs is 2. The van der Waals surface area contributed by atoms with Gasteiger partial charge in [-0.15, -0.1) is 0 Å². The van der Waals surface area contributed by atoms with Crippen molar-refractivity contribution in [2.75, 3.05) is 0 Å². The number of carbonyl (C=O) groups excluding carboxylic acids is 1. The van der Waals surface area contributed by atoms with Gasteiger partial charge in [0.1, 0.15) is 5.60 Å². The Morgan fingerprint density at radius 1 is 1.17 bits per heavy atom. The normalized spacial score (nSPS) is 41.9. The highest BCUT2D eigenvalue weighted by Gasteiger charge is 2.50. The maximum absolute atomic E-state index is 12.3. The lowest BCUT2D eigenvalue weighted by molar-refractivity contribution is -0.169. The average Bonchev–Trinajstić information content (AvgIpc) is 2.88. The maximum atomic E-state index is 12.3. The van der Waals surface area contributed by atoms with Gasteiger partial charge in [-0.25, -0.2) is 0 Å². The first-order valence-electron chi connectivity index (χ1n) is 7.48. The standard InChI is InChI=1S/C15H24O3/c1-15(5-3-2-4-6-15)18-14(17)12-8-10-7-11(12)13(16)9-10/h10-13,16H,2-9H2,1H3/t10?,11?,12?,13-/m1/s1. The Hall–Kier alpha value is -0.570. The molecule has 0 aromatic rings. The number of carbonyl (C=O) groups is 1. The smallest absolute Gasteiger partial charge is 0.309 e. The lowest BCUT2D eigenvalue weighted by Crippen LogP contribution is -2.39. The molecular weight excluding hydrogens is 228 g/mol. The van der Waals surface area contributed by atoms with Crippen LogP contribution in [0.5, 0.6) is 0 Å². The summed E-state index contributed by atoms with van der Waals surface area (Å²) in [5, 5.41) is 9.90. The fourth-order valence-electron chi connectivity index (χ4n) is 4.30. The van der Waals surface area contributed by atoms with Crippen LogP contribution in [0.2, 0.25) is 0 Å². The van der Waals surface area contributed by atoms with Gasteiger partial charge < -0.3 is 9.84 Å². The second kappa shape index (κ2) is 4.52. The molecule has 3 heteroatoms. The van der Waals surface area contributed by atoms with Crippen LogP contribution < -0.4 is 0 Å². The fraction of sp³-hybridized carbons (Fsp3) is 0.933. The van der Waals surface area contributed by atoms with Crippen LogP contribution in [0, 0.1) is 17.8 Å². The Labute approximate surface area is 109 Å². The third-order valence-electron chi connectivity index (χ3n) is 5.34.